The van der Waals surface area contributed by atoms with Crippen LogP contribution in [-0.4, -0.2) is 12.2 Å². The zero-order valence-corrected chi connectivity index (χ0v) is 11.2. The largest absolute Gasteiger partial charge is 0.495 e. The van der Waals surface area contributed by atoms with E-state index in [2.05, 4.69) is 22.9 Å². The second kappa shape index (κ2) is 4.54. The first-order valence-electron chi connectivity index (χ1n) is 4.99. The lowest BCUT2D eigenvalue weighted by atomic mass is 9.95. The van der Waals surface area contributed by atoms with Gasteiger partial charge in [0.2, 0.25) is 0 Å². The van der Waals surface area contributed by atoms with E-state index < -0.39 is 5.60 Å². The lowest BCUT2D eigenvalue weighted by Gasteiger charge is -2.22. The van der Waals surface area contributed by atoms with E-state index in [-0.39, 0.29) is 0 Å². The van der Waals surface area contributed by atoms with Crippen LogP contribution in [0.1, 0.15) is 31.9 Å². The van der Waals surface area contributed by atoms with Crippen LogP contribution in [0.2, 0.25) is 0 Å². The Morgan fingerprint density at radius 2 is 2.00 bits per heavy atom. The first-order chi connectivity index (χ1) is 6.90. The van der Waals surface area contributed by atoms with Crippen molar-refractivity contribution < 1.29 is 9.84 Å². The number of hydrogen-bond donors (Lipinski definition) is 1. The summed E-state index contributed by atoms with van der Waals surface area (Å²) in [5, 5.41) is 10.0. The van der Waals surface area contributed by atoms with Crippen molar-refractivity contribution in [1.82, 2.24) is 0 Å². The molecule has 0 saturated carbocycles. The van der Waals surface area contributed by atoms with Gasteiger partial charge < -0.3 is 9.84 Å². The Morgan fingerprint density at radius 1 is 1.40 bits per heavy atom. The van der Waals surface area contributed by atoms with Crippen LogP contribution >= 0.6 is 15.9 Å². The summed E-state index contributed by atoms with van der Waals surface area (Å²) in [6.07, 6.45) is 0.936. The molecule has 1 aromatic rings. The van der Waals surface area contributed by atoms with E-state index in [0.29, 0.717) is 5.75 Å². The molecule has 15 heavy (non-hydrogen) atoms. The maximum atomic E-state index is 10.0. The number of aliphatic hydroxyl groups is 1. The van der Waals surface area contributed by atoms with Crippen LogP contribution in [-0.2, 0) is 12.0 Å². The van der Waals surface area contributed by atoms with Crippen molar-refractivity contribution in [2.24, 2.45) is 0 Å². The van der Waals surface area contributed by atoms with Crippen LogP contribution in [0.5, 0.6) is 5.75 Å². The minimum absolute atomic E-state index is 0.708. The Hall–Kier alpha value is -0.540. The topological polar surface area (TPSA) is 29.5 Å². The molecule has 0 bridgehead atoms. The SMILES string of the molecule is CCc1cc(Br)c(OC)c(C(C)(C)O)c1. The number of rotatable bonds is 3. The quantitative estimate of drug-likeness (QED) is 0.916. The fourth-order valence-corrected chi connectivity index (χ4v) is 2.19. The van der Waals surface area contributed by atoms with Crippen LogP contribution < -0.4 is 4.74 Å². The maximum absolute atomic E-state index is 10.0. The van der Waals surface area contributed by atoms with Crippen LogP contribution in [0.15, 0.2) is 16.6 Å². The van der Waals surface area contributed by atoms with Crippen molar-refractivity contribution in [3.63, 3.8) is 0 Å². The van der Waals surface area contributed by atoms with Gasteiger partial charge in [-0.2, -0.15) is 0 Å². The predicted octanol–water partition coefficient (Wildman–Crippen LogP) is 3.25. The second-order valence-electron chi connectivity index (χ2n) is 4.07. The van der Waals surface area contributed by atoms with Gasteiger partial charge in [-0.1, -0.05) is 6.92 Å². The van der Waals surface area contributed by atoms with Crippen LogP contribution in [0.25, 0.3) is 0 Å². The summed E-state index contributed by atoms with van der Waals surface area (Å²) in [5.41, 5.74) is 1.11. The maximum Gasteiger partial charge on any atom is 0.139 e. The molecule has 0 aliphatic heterocycles. The van der Waals surface area contributed by atoms with Gasteiger partial charge in [-0.25, -0.2) is 0 Å². The summed E-state index contributed by atoms with van der Waals surface area (Å²) in [6, 6.07) is 4.01. The Labute approximate surface area is 99.4 Å². The monoisotopic (exact) mass is 272 g/mol. The Kier molecular flexibility index (Phi) is 3.79. The number of halogens is 1. The molecule has 0 atom stereocenters. The van der Waals surface area contributed by atoms with Gasteiger partial charge in [0.25, 0.3) is 0 Å². The molecule has 1 N–H and O–H groups in total. The van der Waals surface area contributed by atoms with Crippen molar-refractivity contribution in [3.8, 4) is 5.75 Å². The van der Waals surface area contributed by atoms with Gasteiger partial charge in [-0.15, -0.1) is 0 Å². The fraction of sp³-hybridized carbons (Fsp3) is 0.500. The molecule has 0 heterocycles. The van der Waals surface area contributed by atoms with E-state index in [4.69, 9.17) is 4.74 Å². The highest BCUT2D eigenvalue weighted by molar-refractivity contribution is 9.10. The lowest BCUT2D eigenvalue weighted by molar-refractivity contribution is 0.0754. The van der Waals surface area contributed by atoms with Crippen molar-refractivity contribution in [3.05, 3.63) is 27.7 Å². The van der Waals surface area contributed by atoms with Crippen molar-refractivity contribution in [2.45, 2.75) is 32.8 Å². The summed E-state index contributed by atoms with van der Waals surface area (Å²) in [4.78, 5) is 0. The zero-order valence-electron chi connectivity index (χ0n) is 9.60. The number of benzene rings is 1. The Morgan fingerprint density at radius 3 is 2.40 bits per heavy atom. The van der Waals surface area contributed by atoms with Gasteiger partial charge >= 0.3 is 0 Å². The normalized spacial score (nSPS) is 11.6. The highest BCUT2D eigenvalue weighted by Crippen LogP contribution is 2.36. The summed E-state index contributed by atoms with van der Waals surface area (Å²) >= 11 is 3.46. The standard InChI is InChI=1S/C12H17BrO2/c1-5-8-6-9(12(2,3)14)11(15-4)10(13)7-8/h6-7,14H,5H2,1-4H3. The molecule has 0 aliphatic rings. The third kappa shape index (κ3) is 2.73. The van der Waals surface area contributed by atoms with E-state index in [1.54, 1.807) is 21.0 Å². The molecule has 84 valence electrons. The van der Waals surface area contributed by atoms with Crippen LogP contribution in [0.4, 0.5) is 0 Å². The Bertz CT molecular complexity index is 353. The van der Waals surface area contributed by atoms with Gasteiger partial charge in [0.1, 0.15) is 5.75 Å². The van der Waals surface area contributed by atoms with Gasteiger partial charge in [0.15, 0.2) is 0 Å². The molecule has 0 aliphatic carbocycles. The fourth-order valence-electron chi connectivity index (χ4n) is 1.52. The second-order valence-corrected chi connectivity index (χ2v) is 4.93. The number of aryl methyl sites for hydroxylation is 1. The third-order valence-corrected chi connectivity index (χ3v) is 2.96. The van der Waals surface area contributed by atoms with Crippen LogP contribution in [0.3, 0.4) is 0 Å². The molecule has 0 fully saturated rings. The zero-order chi connectivity index (χ0) is 11.6. The predicted molar refractivity (Wildman–Crippen MR) is 65.3 cm³/mol. The molecular formula is C12H17BrO2. The summed E-state index contributed by atoms with van der Waals surface area (Å²) in [7, 11) is 1.61. The van der Waals surface area contributed by atoms with Crippen molar-refractivity contribution in [2.75, 3.05) is 7.11 Å². The van der Waals surface area contributed by atoms with Crippen molar-refractivity contribution >= 4 is 15.9 Å². The molecule has 3 heteroatoms. The highest BCUT2D eigenvalue weighted by Gasteiger charge is 2.23. The molecule has 0 radical (unpaired) electrons. The Balaban J connectivity index is 3.39. The molecular weight excluding hydrogens is 256 g/mol. The average molecular weight is 273 g/mol. The molecule has 1 aromatic carbocycles. The minimum atomic E-state index is -0.890. The number of hydrogen-bond acceptors (Lipinski definition) is 2. The highest BCUT2D eigenvalue weighted by atomic mass is 79.9. The van der Waals surface area contributed by atoms with E-state index in [1.807, 2.05) is 12.1 Å². The minimum Gasteiger partial charge on any atom is -0.495 e. The summed E-state index contributed by atoms with van der Waals surface area (Å²) in [6.45, 7) is 5.61. The molecule has 0 amide bonds. The molecule has 0 aromatic heterocycles. The average Bonchev–Trinajstić information content (AvgIpc) is 2.15. The molecule has 1 rings (SSSR count). The van der Waals surface area contributed by atoms with Gasteiger partial charge in [-0.05, 0) is 53.9 Å². The molecule has 0 unspecified atom stereocenters. The first kappa shape index (κ1) is 12.5. The van der Waals surface area contributed by atoms with Crippen molar-refractivity contribution in [1.29, 1.82) is 0 Å². The molecule has 0 saturated heterocycles. The van der Waals surface area contributed by atoms with E-state index in [9.17, 15) is 5.11 Å². The van der Waals surface area contributed by atoms with E-state index >= 15 is 0 Å². The van der Waals surface area contributed by atoms with Gasteiger partial charge in [0.05, 0.1) is 17.2 Å². The van der Waals surface area contributed by atoms with Gasteiger partial charge in [0, 0.05) is 5.56 Å². The summed E-state index contributed by atoms with van der Waals surface area (Å²) in [5.74, 6) is 0.708. The third-order valence-electron chi connectivity index (χ3n) is 2.37. The number of ether oxygens (including phenoxy) is 1. The van der Waals surface area contributed by atoms with Gasteiger partial charge in [-0.3, -0.25) is 0 Å². The van der Waals surface area contributed by atoms with Crippen LogP contribution in [0, 0.1) is 0 Å². The summed E-state index contributed by atoms with van der Waals surface area (Å²) < 4.78 is 6.19. The molecule has 2 nitrogen and oxygen atoms in total. The lowest BCUT2D eigenvalue weighted by Crippen LogP contribution is -2.17. The molecule has 0 spiro atoms. The smallest absolute Gasteiger partial charge is 0.139 e. The van der Waals surface area contributed by atoms with E-state index in [0.717, 1.165) is 16.5 Å². The first-order valence-corrected chi connectivity index (χ1v) is 5.78. The number of methoxy groups -OCH3 is 1. The van der Waals surface area contributed by atoms with E-state index in [1.165, 1.54) is 5.56 Å².